The monoisotopic (exact) mass is 389 g/mol. The number of para-hydroxylation sites is 1. The Hall–Kier alpha value is -2.21. The van der Waals surface area contributed by atoms with Gasteiger partial charge in [-0.05, 0) is 49.9 Å². The van der Waals surface area contributed by atoms with Gasteiger partial charge in [0.05, 0.1) is 23.8 Å². The molecule has 1 aliphatic heterocycles. The van der Waals surface area contributed by atoms with E-state index in [-0.39, 0.29) is 10.9 Å². The van der Waals surface area contributed by atoms with Gasteiger partial charge in [-0.2, -0.15) is 0 Å². The van der Waals surface area contributed by atoms with Gasteiger partial charge < -0.3 is 9.47 Å². The van der Waals surface area contributed by atoms with Gasteiger partial charge in [0, 0.05) is 12.1 Å². The lowest BCUT2D eigenvalue weighted by Crippen LogP contribution is -2.35. The summed E-state index contributed by atoms with van der Waals surface area (Å²) in [6, 6.07) is 12.4. The normalized spacial score (nSPS) is 16.3. The van der Waals surface area contributed by atoms with E-state index in [4.69, 9.17) is 9.47 Å². The second-order valence-corrected chi connectivity index (χ2v) is 8.60. The van der Waals surface area contributed by atoms with Crippen molar-refractivity contribution < 1.29 is 17.9 Å². The van der Waals surface area contributed by atoms with E-state index in [2.05, 4.69) is 0 Å². The van der Waals surface area contributed by atoms with Crippen LogP contribution in [0.5, 0.6) is 11.5 Å². The van der Waals surface area contributed by atoms with Crippen molar-refractivity contribution in [1.82, 2.24) is 0 Å². The third-order valence-electron chi connectivity index (χ3n) is 4.54. The Labute approximate surface area is 162 Å². The summed E-state index contributed by atoms with van der Waals surface area (Å²) in [5.74, 6) is 1.06. The molecule has 146 valence electrons. The molecule has 0 saturated carbocycles. The van der Waals surface area contributed by atoms with E-state index in [1.165, 1.54) is 4.31 Å². The number of fused-ring (bicyclic) bond motifs is 1. The van der Waals surface area contributed by atoms with Gasteiger partial charge in [0.15, 0.2) is 11.5 Å². The number of rotatable bonds is 8. The number of hydrogen-bond donors (Lipinski definition) is 0. The topological polar surface area (TPSA) is 55.8 Å². The highest BCUT2D eigenvalue weighted by molar-refractivity contribution is 7.92. The first-order valence-electron chi connectivity index (χ1n) is 9.51. The zero-order chi connectivity index (χ0) is 19.4. The summed E-state index contributed by atoms with van der Waals surface area (Å²) in [7, 11) is -3.69. The van der Waals surface area contributed by atoms with Crippen molar-refractivity contribution in [1.29, 1.82) is 0 Å². The fraction of sp³-hybridized carbons (Fsp3) is 0.429. The summed E-state index contributed by atoms with van der Waals surface area (Å²) in [4.78, 5) is 0.223. The van der Waals surface area contributed by atoms with Gasteiger partial charge in [0.25, 0.3) is 10.0 Å². The Kier molecular flexibility index (Phi) is 5.95. The first-order chi connectivity index (χ1) is 13.0. The molecule has 1 aliphatic rings. The Morgan fingerprint density at radius 2 is 1.67 bits per heavy atom. The van der Waals surface area contributed by atoms with Crippen molar-refractivity contribution in [2.75, 3.05) is 17.5 Å². The molecule has 1 heterocycles. The van der Waals surface area contributed by atoms with Gasteiger partial charge in [-0.3, -0.25) is 4.31 Å². The highest BCUT2D eigenvalue weighted by Crippen LogP contribution is 2.38. The highest BCUT2D eigenvalue weighted by atomic mass is 32.2. The van der Waals surface area contributed by atoms with Crippen LogP contribution in [0.15, 0.2) is 47.4 Å². The number of nitrogens with zero attached hydrogens (tertiary/aromatic N) is 1. The number of hydrogen-bond acceptors (Lipinski definition) is 4. The zero-order valence-corrected chi connectivity index (χ0v) is 17.0. The lowest BCUT2D eigenvalue weighted by atomic mass is 10.1. The summed E-state index contributed by atoms with van der Waals surface area (Å²) >= 11 is 0. The molecule has 0 saturated heterocycles. The van der Waals surface area contributed by atoms with Gasteiger partial charge >= 0.3 is 0 Å². The molecule has 1 atom stereocenters. The van der Waals surface area contributed by atoms with Crippen LogP contribution in [0, 0.1) is 0 Å². The molecule has 3 rings (SSSR count). The maximum atomic E-state index is 13.4. The maximum Gasteiger partial charge on any atom is 0.264 e. The van der Waals surface area contributed by atoms with Crippen LogP contribution in [0.4, 0.5) is 5.69 Å². The molecule has 0 radical (unpaired) electrons. The molecule has 6 heteroatoms. The number of anilines is 1. The maximum absolute atomic E-state index is 13.4. The van der Waals surface area contributed by atoms with Gasteiger partial charge in [0.1, 0.15) is 0 Å². The zero-order valence-electron chi connectivity index (χ0n) is 16.1. The quantitative estimate of drug-likeness (QED) is 0.671. The fourth-order valence-corrected chi connectivity index (χ4v) is 5.03. The van der Waals surface area contributed by atoms with Crippen molar-refractivity contribution in [2.45, 2.75) is 51.0 Å². The van der Waals surface area contributed by atoms with E-state index in [1.807, 2.05) is 45.0 Å². The molecule has 0 N–H and O–H groups in total. The van der Waals surface area contributed by atoms with Crippen LogP contribution in [0.1, 0.15) is 39.2 Å². The second-order valence-electron chi connectivity index (χ2n) is 6.79. The SMILES string of the molecule is CCCOc1ccc(S(=O)(=O)N2c3ccccc3C[C@@H]2C)cc1OCCC. The van der Waals surface area contributed by atoms with Gasteiger partial charge in [-0.1, -0.05) is 32.0 Å². The number of ether oxygens (including phenoxy) is 2. The minimum absolute atomic E-state index is 0.122. The van der Waals surface area contributed by atoms with Crippen LogP contribution in [0.3, 0.4) is 0 Å². The Morgan fingerprint density at radius 3 is 2.37 bits per heavy atom. The summed E-state index contributed by atoms with van der Waals surface area (Å²) < 4.78 is 39.8. The third-order valence-corrected chi connectivity index (χ3v) is 6.46. The summed E-state index contributed by atoms with van der Waals surface area (Å²) in [5.41, 5.74) is 1.81. The second kappa shape index (κ2) is 8.21. The van der Waals surface area contributed by atoms with Crippen molar-refractivity contribution in [3.05, 3.63) is 48.0 Å². The molecule has 0 aliphatic carbocycles. The Morgan fingerprint density at radius 1 is 1.00 bits per heavy atom. The largest absolute Gasteiger partial charge is 0.490 e. The first-order valence-corrected chi connectivity index (χ1v) is 10.9. The number of benzene rings is 2. The van der Waals surface area contributed by atoms with E-state index < -0.39 is 10.0 Å². The van der Waals surface area contributed by atoms with E-state index in [0.717, 1.165) is 24.1 Å². The first kappa shape index (κ1) is 19.5. The Bertz CT molecular complexity index is 895. The van der Waals surface area contributed by atoms with Crippen LogP contribution in [0.25, 0.3) is 0 Å². The molecule has 0 bridgehead atoms. The van der Waals surface area contributed by atoms with E-state index in [9.17, 15) is 8.42 Å². The molecule has 2 aromatic carbocycles. The third kappa shape index (κ3) is 3.90. The van der Waals surface area contributed by atoms with E-state index >= 15 is 0 Å². The van der Waals surface area contributed by atoms with Gasteiger partial charge in [-0.15, -0.1) is 0 Å². The summed E-state index contributed by atoms with van der Waals surface area (Å²) in [6.45, 7) is 7.04. The van der Waals surface area contributed by atoms with Crippen molar-refractivity contribution >= 4 is 15.7 Å². The van der Waals surface area contributed by atoms with Crippen LogP contribution in [-0.2, 0) is 16.4 Å². The molecule has 5 nitrogen and oxygen atoms in total. The molecule has 2 aromatic rings. The predicted octanol–water partition coefficient (Wildman–Crippen LogP) is 4.40. The van der Waals surface area contributed by atoms with Gasteiger partial charge in [0.2, 0.25) is 0 Å². The summed E-state index contributed by atoms with van der Waals surface area (Å²) in [6.07, 6.45) is 2.42. The van der Waals surface area contributed by atoms with Crippen LogP contribution < -0.4 is 13.8 Å². The molecule has 27 heavy (non-hydrogen) atoms. The average Bonchev–Trinajstić information content (AvgIpc) is 3.01. The molecule has 0 aromatic heterocycles. The van der Waals surface area contributed by atoms with Crippen molar-refractivity contribution in [3.63, 3.8) is 0 Å². The minimum atomic E-state index is -3.69. The van der Waals surface area contributed by atoms with Gasteiger partial charge in [-0.25, -0.2) is 8.42 Å². The summed E-state index contributed by atoms with van der Waals surface area (Å²) in [5, 5.41) is 0. The van der Waals surface area contributed by atoms with Crippen LogP contribution in [-0.4, -0.2) is 27.7 Å². The van der Waals surface area contributed by atoms with Crippen LogP contribution >= 0.6 is 0 Å². The number of sulfonamides is 1. The lowest BCUT2D eigenvalue weighted by Gasteiger charge is -2.25. The molecule has 0 fully saturated rings. The molecule has 0 spiro atoms. The van der Waals surface area contributed by atoms with Crippen LogP contribution in [0.2, 0.25) is 0 Å². The smallest absolute Gasteiger partial charge is 0.264 e. The van der Waals surface area contributed by atoms with E-state index in [1.54, 1.807) is 18.2 Å². The average molecular weight is 390 g/mol. The lowest BCUT2D eigenvalue weighted by molar-refractivity contribution is 0.267. The molecule has 0 amide bonds. The molecule has 0 unspecified atom stereocenters. The predicted molar refractivity (Wildman–Crippen MR) is 107 cm³/mol. The van der Waals surface area contributed by atoms with Crippen molar-refractivity contribution in [3.8, 4) is 11.5 Å². The standard InChI is InChI=1S/C21H27NO4S/c1-4-12-25-20-11-10-18(15-21(20)26-13-5-2)27(23,24)22-16(3)14-17-8-6-7-9-19(17)22/h6-11,15-16H,4-5,12-14H2,1-3H3/t16-/m0/s1. The van der Waals surface area contributed by atoms with E-state index in [0.29, 0.717) is 31.1 Å². The van der Waals surface area contributed by atoms with Crippen molar-refractivity contribution in [2.24, 2.45) is 0 Å². The highest BCUT2D eigenvalue weighted by Gasteiger charge is 2.36. The molecular formula is C21H27NO4S. The minimum Gasteiger partial charge on any atom is -0.490 e. The molecular weight excluding hydrogens is 362 g/mol. The fourth-order valence-electron chi connectivity index (χ4n) is 3.32. The Balaban J connectivity index is 1.99.